The average Bonchev–Trinajstić information content (AvgIpc) is 2.90. The maximum Gasteiger partial charge on any atom is 0.235 e. The first kappa shape index (κ1) is 15.6. The molecule has 1 fully saturated rings. The topological polar surface area (TPSA) is 114 Å². The standard InChI is InChI=1S/C13H19N3O4S/c1-19-12-7-9(13(14)15)4-5-11(12)16-21(17,18)8-10-3-2-6-20-10/h4-5,7,10,16H,2-3,6,8H2,1H3,(H3,14,15). The highest BCUT2D eigenvalue weighted by molar-refractivity contribution is 7.92. The molecule has 1 atom stereocenters. The minimum absolute atomic E-state index is 0.0788. The fourth-order valence-corrected chi connectivity index (χ4v) is 3.51. The van der Waals surface area contributed by atoms with Crippen LogP contribution in [-0.2, 0) is 14.8 Å². The molecule has 1 aliphatic rings. The second-order valence-corrected chi connectivity index (χ2v) is 6.61. The highest BCUT2D eigenvalue weighted by atomic mass is 32.2. The van der Waals surface area contributed by atoms with Gasteiger partial charge in [0, 0.05) is 12.2 Å². The molecule has 1 unspecified atom stereocenters. The molecular formula is C13H19N3O4S. The van der Waals surface area contributed by atoms with Gasteiger partial charge in [0.1, 0.15) is 11.6 Å². The summed E-state index contributed by atoms with van der Waals surface area (Å²) >= 11 is 0. The molecule has 116 valence electrons. The molecule has 0 aromatic heterocycles. The molecule has 1 aliphatic heterocycles. The maximum absolute atomic E-state index is 12.1. The Hall–Kier alpha value is -1.80. The van der Waals surface area contributed by atoms with Crippen molar-refractivity contribution in [1.82, 2.24) is 0 Å². The summed E-state index contributed by atoms with van der Waals surface area (Å²) < 4.78 is 37.2. The van der Waals surface area contributed by atoms with Crippen LogP contribution >= 0.6 is 0 Å². The molecule has 21 heavy (non-hydrogen) atoms. The molecule has 0 saturated carbocycles. The third-order valence-corrected chi connectivity index (χ3v) is 4.55. The first-order valence-electron chi connectivity index (χ1n) is 6.56. The number of methoxy groups -OCH3 is 1. The van der Waals surface area contributed by atoms with Gasteiger partial charge in [-0.25, -0.2) is 8.42 Å². The molecule has 1 aromatic rings. The van der Waals surface area contributed by atoms with Crippen LogP contribution in [0.2, 0.25) is 0 Å². The van der Waals surface area contributed by atoms with Gasteiger partial charge in [0.15, 0.2) is 0 Å². The molecule has 1 heterocycles. The predicted molar refractivity (Wildman–Crippen MR) is 80.4 cm³/mol. The Kier molecular flexibility index (Phi) is 4.69. The normalized spacial score (nSPS) is 18.4. The van der Waals surface area contributed by atoms with Gasteiger partial charge in [-0.2, -0.15) is 0 Å². The highest BCUT2D eigenvalue weighted by Gasteiger charge is 2.24. The molecule has 0 amide bonds. The second kappa shape index (κ2) is 6.31. The third-order valence-electron chi connectivity index (χ3n) is 3.21. The Labute approximate surface area is 124 Å². The zero-order valence-electron chi connectivity index (χ0n) is 11.8. The largest absolute Gasteiger partial charge is 0.495 e. The summed E-state index contributed by atoms with van der Waals surface area (Å²) in [5.74, 6) is 0.130. The van der Waals surface area contributed by atoms with Crippen molar-refractivity contribution in [2.45, 2.75) is 18.9 Å². The lowest BCUT2D eigenvalue weighted by atomic mass is 10.2. The Morgan fingerprint density at radius 2 is 2.33 bits per heavy atom. The van der Waals surface area contributed by atoms with E-state index in [0.29, 0.717) is 23.6 Å². The van der Waals surface area contributed by atoms with E-state index < -0.39 is 10.0 Å². The van der Waals surface area contributed by atoms with Gasteiger partial charge in [0.25, 0.3) is 0 Å². The van der Waals surface area contributed by atoms with E-state index in [1.165, 1.54) is 19.2 Å². The predicted octanol–water partition coefficient (Wildman–Crippen LogP) is 0.900. The summed E-state index contributed by atoms with van der Waals surface area (Å²) in [6.07, 6.45) is 1.38. The summed E-state index contributed by atoms with van der Waals surface area (Å²) in [5, 5.41) is 7.37. The smallest absolute Gasteiger partial charge is 0.235 e. The van der Waals surface area contributed by atoms with Gasteiger partial charge in [-0.3, -0.25) is 10.1 Å². The van der Waals surface area contributed by atoms with E-state index in [4.69, 9.17) is 20.6 Å². The number of hydrogen-bond acceptors (Lipinski definition) is 5. The van der Waals surface area contributed by atoms with Crippen molar-refractivity contribution >= 4 is 21.5 Å². The van der Waals surface area contributed by atoms with Crippen molar-refractivity contribution in [2.75, 3.05) is 24.2 Å². The monoisotopic (exact) mass is 313 g/mol. The molecule has 7 nitrogen and oxygen atoms in total. The third kappa shape index (κ3) is 4.08. The van der Waals surface area contributed by atoms with Crippen LogP contribution in [0.25, 0.3) is 0 Å². The van der Waals surface area contributed by atoms with E-state index in [1.807, 2.05) is 0 Å². The van der Waals surface area contributed by atoms with Crippen molar-refractivity contribution in [3.8, 4) is 5.75 Å². The van der Waals surface area contributed by atoms with Gasteiger partial charge in [-0.15, -0.1) is 0 Å². The summed E-state index contributed by atoms with van der Waals surface area (Å²) in [5.41, 5.74) is 6.18. The summed E-state index contributed by atoms with van der Waals surface area (Å²) in [4.78, 5) is 0. The number of ether oxygens (including phenoxy) is 2. The van der Waals surface area contributed by atoms with Crippen molar-refractivity contribution in [2.24, 2.45) is 5.73 Å². The molecular weight excluding hydrogens is 294 g/mol. The Morgan fingerprint density at radius 3 is 2.90 bits per heavy atom. The van der Waals surface area contributed by atoms with Gasteiger partial charge in [0.05, 0.1) is 24.7 Å². The lowest BCUT2D eigenvalue weighted by Gasteiger charge is -2.15. The number of nitrogens with two attached hydrogens (primary N) is 1. The van der Waals surface area contributed by atoms with Crippen LogP contribution in [0.15, 0.2) is 18.2 Å². The first-order valence-corrected chi connectivity index (χ1v) is 8.21. The molecule has 2 rings (SSSR count). The van der Waals surface area contributed by atoms with Gasteiger partial charge >= 0.3 is 0 Å². The van der Waals surface area contributed by atoms with Crippen LogP contribution in [0.4, 0.5) is 5.69 Å². The van der Waals surface area contributed by atoms with E-state index in [0.717, 1.165) is 12.8 Å². The quantitative estimate of drug-likeness (QED) is 0.533. The van der Waals surface area contributed by atoms with Crippen LogP contribution < -0.4 is 15.2 Å². The number of nitrogens with one attached hydrogen (secondary N) is 2. The van der Waals surface area contributed by atoms with Crippen molar-refractivity contribution in [3.63, 3.8) is 0 Å². The van der Waals surface area contributed by atoms with Gasteiger partial charge < -0.3 is 15.2 Å². The zero-order chi connectivity index (χ0) is 15.5. The number of hydrogen-bond donors (Lipinski definition) is 3. The van der Waals surface area contributed by atoms with E-state index in [-0.39, 0.29) is 17.7 Å². The average molecular weight is 313 g/mol. The van der Waals surface area contributed by atoms with Gasteiger partial charge in [-0.05, 0) is 31.0 Å². The molecule has 0 spiro atoms. The van der Waals surface area contributed by atoms with Crippen molar-refractivity contribution in [3.05, 3.63) is 23.8 Å². The van der Waals surface area contributed by atoms with Crippen LogP contribution in [0.1, 0.15) is 18.4 Å². The molecule has 1 saturated heterocycles. The number of anilines is 1. The van der Waals surface area contributed by atoms with Crippen LogP contribution in [0, 0.1) is 5.41 Å². The van der Waals surface area contributed by atoms with Crippen LogP contribution in [-0.4, -0.2) is 39.8 Å². The molecule has 4 N–H and O–H groups in total. The fraction of sp³-hybridized carbons (Fsp3) is 0.462. The second-order valence-electron chi connectivity index (χ2n) is 4.85. The molecule has 8 heteroatoms. The maximum atomic E-state index is 12.1. The summed E-state index contributed by atoms with van der Waals surface area (Å²) in [6, 6.07) is 4.61. The number of nitrogen functional groups attached to an aromatic ring is 1. The van der Waals surface area contributed by atoms with E-state index in [1.54, 1.807) is 6.07 Å². The summed E-state index contributed by atoms with van der Waals surface area (Å²) in [6.45, 7) is 0.608. The fourth-order valence-electron chi connectivity index (χ4n) is 2.17. The molecule has 0 bridgehead atoms. The van der Waals surface area contributed by atoms with E-state index in [9.17, 15) is 8.42 Å². The highest BCUT2D eigenvalue weighted by Crippen LogP contribution is 2.27. The molecule has 0 radical (unpaired) electrons. The molecule has 1 aromatic carbocycles. The number of benzene rings is 1. The van der Waals surface area contributed by atoms with Gasteiger partial charge in [0.2, 0.25) is 10.0 Å². The lowest BCUT2D eigenvalue weighted by Crippen LogP contribution is -2.26. The lowest BCUT2D eigenvalue weighted by molar-refractivity contribution is 0.127. The first-order chi connectivity index (χ1) is 9.91. The van der Waals surface area contributed by atoms with Crippen LogP contribution in [0.3, 0.4) is 0 Å². The Balaban J connectivity index is 2.15. The van der Waals surface area contributed by atoms with Crippen LogP contribution in [0.5, 0.6) is 5.75 Å². The zero-order valence-corrected chi connectivity index (χ0v) is 12.6. The SMILES string of the molecule is COc1cc(C(=N)N)ccc1NS(=O)(=O)CC1CCCO1. The molecule has 0 aliphatic carbocycles. The van der Waals surface area contributed by atoms with Crippen molar-refractivity contribution < 1.29 is 17.9 Å². The number of sulfonamides is 1. The number of rotatable bonds is 6. The number of amidine groups is 1. The van der Waals surface area contributed by atoms with Gasteiger partial charge in [-0.1, -0.05) is 0 Å². The summed E-state index contributed by atoms with van der Waals surface area (Å²) in [7, 11) is -2.10. The van der Waals surface area contributed by atoms with E-state index in [2.05, 4.69) is 4.72 Å². The van der Waals surface area contributed by atoms with Crippen molar-refractivity contribution in [1.29, 1.82) is 5.41 Å². The minimum atomic E-state index is -3.52. The van der Waals surface area contributed by atoms with E-state index >= 15 is 0 Å². The minimum Gasteiger partial charge on any atom is -0.495 e. The Morgan fingerprint density at radius 1 is 1.57 bits per heavy atom. The Bertz CT molecular complexity index is 624.